The lowest BCUT2D eigenvalue weighted by Crippen LogP contribution is -2.08. The molecule has 1 heterocycles. The fourth-order valence-electron chi connectivity index (χ4n) is 1.80. The van der Waals surface area contributed by atoms with Crippen LogP contribution in [0.4, 0.5) is 0 Å². The third kappa shape index (κ3) is 0.836. The van der Waals surface area contributed by atoms with Crippen LogP contribution in [0, 0.1) is 0 Å². The Morgan fingerprint density at radius 3 is 3.09 bits per heavy atom. The molecule has 1 aliphatic carbocycles. The molecule has 0 radical (unpaired) electrons. The van der Waals surface area contributed by atoms with E-state index in [9.17, 15) is 4.79 Å². The molecule has 1 aliphatic rings. The highest BCUT2D eigenvalue weighted by Gasteiger charge is 2.18. The van der Waals surface area contributed by atoms with Crippen LogP contribution in [0.25, 0.3) is 0 Å². The summed E-state index contributed by atoms with van der Waals surface area (Å²) in [5.41, 5.74) is 2.38. The molecule has 0 aliphatic heterocycles. The first-order valence-electron chi connectivity index (χ1n) is 4.13. The first-order valence-corrected chi connectivity index (χ1v) is 4.13. The average molecular weight is 152 g/mol. The van der Waals surface area contributed by atoms with Crippen molar-refractivity contribution in [2.75, 3.05) is 0 Å². The van der Waals surface area contributed by atoms with Gasteiger partial charge in [-0.3, -0.25) is 14.6 Å². The summed E-state index contributed by atoms with van der Waals surface area (Å²) in [5.74, 6) is 0. The van der Waals surface area contributed by atoms with Crippen LogP contribution >= 0.6 is 0 Å². The van der Waals surface area contributed by atoms with Gasteiger partial charge >= 0.3 is 0 Å². The lowest BCUT2D eigenvalue weighted by molar-refractivity contribution is 0.615. The number of H-pyrrole nitrogens is 1. The lowest BCUT2D eigenvalue weighted by Gasteiger charge is -1.99. The minimum atomic E-state index is 0.124. The molecule has 0 amide bonds. The predicted molar refractivity (Wildman–Crippen MR) is 42.8 cm³/mol. The summed E-state index contributed by atoms with van der Waals surface area (Å²) in [6.07, 6.45) is 3.19. The second-order valence-electron chi connectivity index (χ2n) is 2.96. The van der Waals surface area contributed by atoms with Gasteiger partial charge in [-0.05, 0) is 26.2 Å². The van der Waals surface area contributed by atoms with Gasteiger partial charge in [0.25, 0.3) is 5.56 Å². The molecular formula is C8H12N2O. The molecule has 1 aromatic heterocycles. The Balaban J connectivity index is 2.61. The SMILES string of the molecule is CCn1[nH]c(=O)c2c1CCC2. The highest BCUT2D eigenvalue weighted by atomic mass is 16.1. The van der Waals surface area contributed by atoms with E-state index < -0.39 is 0 Å². The predicted octanol–water partition coefficient (Wildman–Crippen LogP) is 0.685. The maximum atomic E-state index is 11.2. The molecule has 0 aromatic carbocycles. The third-order valence-corrected chi connectivity index (χ3v) is 2.34. The maximum Gasteiger partial charge on any atom is 0.267 e. The standard InChI is InChI=1S/C8H12N2O/c1-2-10-7-5-3-4-6(7)8(11)9-10/h2-5H2,1H3,(H,9,11). The zero-order valence-corrected chi connectivity index (χ0v) is 6.68. The van der Waals surface area contributed by atoms with Gasteiger partial charge < -0.3 is 0 Å². The molecule has 0 fully saturated rings. The van der Waals surface area contributed by atoms with E-state index in [-0.39, 0.29) is 5.56 Å². The Labute approximate surface area is 65.0 Å². The van der Waals surface area contributed by atoms with Crippen LogP contribution in [0.2, 0.25) is 0 Å². The Bertz CT molecular complexity index is 321. The summed E-state index contributed by atoms with van der Waals surface area (Å²) in [6, 6.07) is 0. The molecule has 3 heteroatoms. The number of aromatic amines is 1. The van der Waals surface area contributed by atoms with Crippen LogP contribution < -0.4 is 5.56 Å². The minimum absolute atomic E-state index is 0.124. The van der Waals surface area contributed by atoms with Crippen LogP contribution in [0.5, 0.6) is 0 Å². The van der Waals surface area contributed by atoms with E-state index in [1.165, 1.54) is 5.69 Å². The van der Waals surface area contributed by atoms with Gasteiger partial charge in [0.15, 0.2) is 0 Å². The number of rotatable bonds is 1. The van der Waals surface area contributed by atoms with Gasteiger partial charge in [-0.1, -0.05) is 0 Å². The molecule has 1 N–H and O–H groups in total. The molecule has 0 saturated carbocycles. The van der Waals surface area contributed by atoms with Gasteiger partial charge in [0.05, 0.1) is 0 Å². The summed E-state index contributed by atoms with van der Waals surface area (Å²) in [4.78, 5) is 11.2. The van der Waals surface area contributed by atoms with Crippen molar-refractivity contribution in [2.24, 2.45) is 0 Å². The molecule has 1 aromatic rings. The van der Waals surface area contributed by atoms with Gasteiger partial charge in [0.1, 0.15) is 0 Å². The quantitative estimate of drug-likeness (QED) is 0.631. The molecule has 2 rings (SSSR count). The first kappa shape index (κ1) is 6.70. The highest BCUT2D eigenvalue weighted by Crippen LogP contribution is 2.17. The van der Waals surface area contributed by atoms with Crippen molar-refractivity contribution in [3.63, 3.8) is 0 Å². The average Bonchev–Trinajstić information content (AvgIpc) is 2.54. The van der Waals surface area contributed by atoms with Crippen molar-refractivity contribution >= 4 is 0 Å². The highest BCUT2D eigenvalue weighted by molar-refractivity contribution is 5.22. The molecule has 0 bridgehead atoms. The number of aryl methyl sites for hydroxylation is 1. The van der Waals surface area contributed by atoms with Crippen LogP contribution in [-0.4, -0.2) is 9.78 Å². The van der Waals surface area contributed by atoms with Gasteiger partial charge in [-0.15, -0.1) is 0 Å². The van der Waals surface area contributed by atoms with E-state index in [4.69, 9.17) is 0 Å². The fraction of sp³-hybridized carbons (Fsp3) is 0.625. The Hall–Kier alpha value is -0.990. The summed E-state index contributed by atoms with van der Waals surface area (Å²) >= 11 is 0. The number of fused-ring (bicyclic) bond motifs is 1. The number of nitrogens with one attached hydrogen (secondary N) is 1. The van der Waals surface area contributed by atoms with Gasteiger partial charge in [0, 0.05) is 17.8 Å². The molecule has 60 valence electrons. The van der Waals surface area contributed by atoms with Crippen molar-refractivity contribution in [3.05, 3.63) is 21.6 Å². The van der Waals surface area contributed by atoms with E-state index >= 15 is 0 Å². The van der Waals surface area contributed by atoms with Gasteiger partial charge in [-0.2, -0.15) is 0 Å². The molecule has 0 unspecified atom stereocenters. The fourth-order valence-corrected chi connectivity index (χ4v) is 1.80. The summed E-state index contributed by atoms with van der Waals surface area (Å²) in [5, 5.41) is 2.83. The number of hydrogen-bond donors (Lipinski definition) is 1. The van der Waals surface area contributed by atoms with Crippen LogP contribution in [0.3, 0.4) is 0 Å². The van der Waals surface area contributed by atoms with Crippen molar-refractivity contribution < 1.29 is 0 Å². The van der Waals surface area contributed by atoms with E-state index in [0.29, 0.717) is 0 Å². The van der Waals surface area contributed by atoms with Crippen molar-refractivity contribution in [1.82, 2.24) is 9.78 Å². The Morgan fingerprint density at radius 1 is 1.55 bits per heavy atom. The maximum absolute atomic E-state index is 11.2. The smallest absolute Gasteiger partial charge is 0.267 e. The van der Waals surface area contributed by atoms with Crippen LogP contribution in [0.15, 0.2) is 4.79 Å². The van der Waals surface area contributed by atoms with Gasteiger partial charge in [0.2, 0.25) is 0 Å². The van der Waals surface area contributed by atoms with Crippen LogP contribution in [0.1, 0.15) is 24.6 Å². The Morgan fingerprint density at radius 2 is 2.36 bits per heavy atom. The zero-order valence-electron chi connectivity index (χ0n) is 6.68. The molecule has 0 saturated heterocycles. The number of nitrogens with zero attached hydrogens (tertiary/aromatic N) is 1. The number of aromatic nitrogens is 2. The molecule has 0 atom stereocenters. The summed E-state index contributed by atoms with van der Waals surface area (Å²) in [7, 11) is 0. The van der Waals surface area contributed by atoms with Crippen molar-refractivity contribution in [1.29, 1.82) is 0 Å². The Kier molecular flexibility index (Phi) is 1.37. The van der Waals surface area contributed by atoms with Gasteiger partial charge in [-0.25, -0.2) is 0 Å². The second-order valence-corrected chi connectivity index (χ2v) is 2.96. The molecular weight excluding hydrogens is 140 g/mol. The molecule has 0 spiro atoms. The summed E-state index contributed by atoms with van der Waals surface area (Å²) in [6.45, 7) is 2.93. The van der Waals surface area contributed by atoms with Crippen molar-refractivity contribution in [2.45, 2.75) is 32.7 Å². The van der Waals surface area contributed by atoms with Crippen molar-refractivity contribution in [3.8, 4) is 0 Å². The monoisotopic (exact) mass is 152 g/mol. The van der Waals surface area contributed by atoms with Crippen LogP contribution in [-0.2, 0) is 19.4 Å². The summed E-state index contributed by atoms with van der Waals surface area (Å²) < 4.78 is 1.96. The molecule has 3 nitrogen and oxygen atoms in total. The second kappa shape index (κ2) is 2.26. The normalized spacial score (nSPS) is 15.4. The largest absolute Gasteiger partial charge is 0.289 e. The minimum Gasteiger partial charge on any atom is -0.289 e. The number of hydrogen-bond acceptors (Lipinski definition) is 1. The lowest BCUT2D eigenvalue weighted by atomic mass is 10.3. The van der Waals surface area contributed by atoms with E-state index in [1.807, 2.05) is 4.68 Å². The third-order valence-electron chi connectivity index (χ3n) is 2.34. The van der Waals surface area contributed by atoms with E-state index in [0.717, 1.165) is 31.4 Å². The zero-order chi connectivity index (χ0) is 7.84. The van der Waals surface area contributed by atoms with E-state index in [1.54, 1.807) is 0 Å². The first-order chi connectivity index (χ1) is 5.33. The topological polar surface area (TPSA) is 37.8 Å². The van der Waals surface area contributed by atoms with E-state index in [2.05, 4.69) is 12.0 Å². The molecule has 11 heavy (non-hydrogen) atoms.